The van der Waals surface area contributed by atoms with E-state index in [1.165, 1.54) is 6.92 Å². The van der Waals surface area contributed by atoms with Crippen LogP contribution in [0, 0.1) is 0 Å². The van der Waals surface area contributed by atoms with E-state index >= 15 is 0 Å². The van der Waals surface area contributed by atoms with Gasteiger partial charge in [0.15, 0.2) is 5.78 Å². The monoisotopic (exact) mass is 172 g/mol. The molecule has 1 saturated carbocycles. The predicted molar refractivity (Wildman–Crippen MR) is 40.4 cm³/mol. The number of aliphatic hydroxyl groups excluding tert-OH is 1. The summed E-state index contributed by atoms with van der Waals surface area (Å²) in [6.45, 7) is 1.27. The lowest BCUT2D eigenvalue weighted by Crippen LogP contribution is -2.40. The third-order valence-electron chi connectivity index (χ3n) is 1.91. The highest BCUT2D eigenvalue weighted by Gasteiger charge is 2.31. The zero-order valence-electron chi connectivity index (χ0n) is 6.95. The van der Waals surface area contributed by atoms with Crippen LogP contribution in [-0.2, 0) is 14.3 Å². The van der Waals surface area contributed by atoms with Crippen molar-refractivity contribution >= 4 is 11.8 Å². The Morgan fingerprint density at radius 2 is 2.33 bits per heavy atom. The summed E-state index contributed by atoms with van der Waals surface area (Å²) >= 11 is 0. The lowest BCUT2D eigenvalue weighted by molar-refractivity contribution is -0.158. The summed E-state index contributed by atoms with van der Waals surface area (Å²) in [5.41, 5.74) is 0. The molecule has 0 aromatic heterocycles. The van der Waals surface area contributed by atoms with Crippen molar-refractivity contribution < 1.29 is 19.4 Å². The number of ketones is 1. The summed E-state index contributed by atoms with van der Waals surface area (Å²) in [4.78, 5) is 21.5. The Balaban J connectivity index is 2.52. The minimum absolute atomic E-state index is 0.229. The first-order chi connectivity index (χ1) is 5.61. The first-order valence-electron chi connectivity index (χ1n) is 3.99. The molecule has 1 aliphatic carbocycles. The highest BCUT2D eigenvalue weighted by Crippen LogP contribution is 2.18. The molecule has 0 aliphatic heterocycles. The summed E-state index contributed by atoms with van der Waals surface area (Å²) in [6, 6.07) is 0. The van der Waals surface area contributed by atoms with Crippen molar-refractivity contribution in [3.05, 3.63) is 0 Å². The normalized spacial score (nSPS) is 30.0. The van der Waals surface area contributed by atoms with Crippen molar-refractivity contribution in [2.75, 3.05) is 0 Å². The first-order valence-corrected chi connectivity index (χ1v) is 3.99. The number of ether oxygens (including phenoxy) is 1. The van der Waals surface area contributed by atoms with E-state index in [9.17, 15) is 14.7 Å². The molecule has 1 aliphatic rings. The summed E-state index contributed by atoms with van der Waals surface area (Å²) in [7, 11) is 0. The highest BCUT2D eigenvalue weighted by molar-refractivity contribution is 5.84. The van der Waals surface area contributed by atoms with E-state index in [0.29, 0.717) is 19.3 Å². The second kappa shape index (κ2) is 3.67. The van der Waals surface area contributed by atoms with Gasteiger partial charge in [0.05, 0.1) is 0 Å². The van der Waals surface area contributed by atoms with Crippen molar-refractivity contribution in [1.29, 1.82) is 0 Å². The van der Waals surface area contributed by atoms with Crippen molar-refractivity contribution in [2.45, 2.75) is 38.4 Å². The van der Waals surface area contributed by atoms with Crippen LogP contribution in [0.2, 0.25) is 0 Å². The number of carbonyl (C=O) groups excluding carboxylic acids is 2. The molecule has 0 aromatic rings. The summed E-state index contributed by atoms with van der Waals surface area (Å²) < 4.78 is 4.76. The third kappa shape index (κ3) is 2.04. The summed E-state index contributed by atoms with van der Waals surface area (Å²) in [5.74, 6) is -0.679. The SMILES string of the molecule is CC(=O)OC1CCCC(=O)C1O. The lowest BCUT2D eigenvalue weighted by Gasteiger charge is -2.25. The molecule has 4 nitrogen and oxygen atoms in total. The molecule has 2 atom stereocenters. The van der Waals surface area contributed by atoms with Gasteiger partial charge in [0, 0.05) is 13.3 Å². The van der Waals surface area contributed by atoms with Gasteiger partial charge in [0.25, 0.3) is 0 Å². The molecule has 68 valence electrons. The van der Waals surface area contributed by atoms with Crippen molar-refractivity contribution in [3.8, 4) is 0 Å². The fourth-order valence-electron chi connectivity index (χ4n) is 1.33. The van der Waals surface area contributed by atoms with E-state index < -0.39 is 18.2 Å². The Hall–Kier alpha value is -0.900. The fraction of sp³-hybridized carbons (Fsp3) is 0.750. The lowest BCUT2D eigenvalue weighted by atomic mass is 9.93. The number of hydrogen-bond donors (Lipinski definition) is 1. The van der Waals surface area contributed by atoms with Crippen LogP contribution in [0.5, 0.6) is 0 Å². The molecule has 0 aromatic carbocycles. The van der Waals surface area contributed by atoms with E-state index in [1.54, 1.807) is 0 Å². The molecule has 0 spiro atoms. The number of Topliss-reactive ketones (excluding diaryl/α,β-unsaturated/α-hetero) is 1. The van der Waals surface area contributed by atoms with Crippen molar-refractivity contribution in [1.82, 2.24) is 0 Å². The van der Waals surface area contributed by atoms with Crippen molar-refractivity contribution in [3.63, 3.8) is 0 Å². The minimum Gasteiger partial charge on any atom is -0.459 e. The van der Waals surface area contributed by atoms with E-state index in [4.69, 9.17) is 4.74 Å². The van der Waals surface area contributed by atoms with Gasteiger partial charge >= 0.3 is 5.97 Å². The molecule has 12 heavy (non-hydrogen) atoms. The third-order valence-corrected chi connectivity index (χ3v) is 1.91. The standard InChI is InChI=1S/C8H12O4/c1-5(9)12-7-4-2-3-6(10)8(7)11/h7-8,11H,2-4H2,1H3. The van der Waals surface area contributed by atoms with Gasteiger partial charge in [0.1, 0.15) is 12.2 Å². The summed E-state index contributed by atoms with van der Waals surface area (Å²) in [6.07, 6.45) is -0.0781. The number of esters is 1. The van der Waals surface area contributed by atoms with Crippen LogP contribution in [0.25, 0.3) is 0 Å². The van der Waals surface area contributed by atoms with E-state index in [-0.39, 0.29) is 5.78 Å². The van der Waals surface area contributed by atoms with Gasteiger partial charge in [-0.3, -0.25) is 9.59 Å². The molecule has 1 fully saturated rings. The predicted octanol–water partition coefficient (Wildman–Crippen LogP) is 0.0320. The number of hydrogen-bond acceptors (Lipinski definition) is 4. The van der Waals surface area contributed by atoms with Gasteiger partial charge in [0.2, 0.25) is 0 Å². The fourth-order valence-corrected chi connectivity index (χ4v) is 1.33. The minimum atomic E-state index is -1.11. The molecule has 1 rings (SSSR count). The number of aliphatic hydroxyl groups is 1. The van der Waals surface area contributed by atoms with Crippen LogP contribution in [0.4, 0.5) is 0 Å². The average molecular weight is 172 g/mol. The molecule has 0 bridgehead atoms. The van der Waals surface area contributed by atoms with Gasteiger partial charge in [-0.25, -0.2) is 0 Å². The Kier molecular flexibility index (Phi) is 2.81. The molecule has 0 radical (unpaired) electrons. The van der Waals surface area contributed by atoms with Crippen molar-refractivity contribution in [2.24, 2.45) is 0 Å². The van der Waals surface area contributed by atoms with E-state index in [2.05, 4.69) is 0 Å². The zero-order valence-corrected chi connectivity index (χ0v) is 6.95. The van der Waals surface area contributed by atoms with Crippen LogP contribution < -0.4 is 0 Å². The Morgan fingerprint density at radius 3 is 2.92 bits per heavy atom. The molecule has 2 unspecified atom stereocenters. The van der Waals surface area contributed by atoms with Gasteiger partial charge in [-0.2, -0.15) is 0 Å². The molecular weight excluding hydrogens is 160 g/mol. The molecule has 0 saturated heterocycles. The van der Waals surface area contributed by atoms with Crippen LogP contribution in [0.1, 0.15) is 26.2 Å². The topological polar surface area (TPSA) is 63.6 Å². The van der Waals surface area contributed by atoms with E-state index in [1.807, 2.05) is 0 Å². The maximum atomic E-state index is 10.9. The maximum absolute atomic E-state index is 10.9. The van der Waals surface area contributed by atoms with Crippen LogP contribution in [0.15, 0.2) is 0 Å². The van der Waals surface area contributed by atoms with Crippen LogP contribution in [-0.4, -0.2) is 29.1 Å². The van der Waals surface area contributed by atoms with Gasteiger partial charge in [-0.15, -0.1) is 0 Å². The average Bonchev–Trinajstić information content (AvgIpc) is 1.98. The second-order valence-electron chi connectivity index (χ2n) is 2.95. The maximum Gasteiger partial charge on any atom is 0.303 e. The zero-order chi connectivity index (χ0) is 9.14. The molecule has 4 heteroatoms. The Bertz CT molecular complexity index is 199. The van der Waals surface area contributed by atoms with Gasteiger partial charge in [-0.05, 0) is 12.8 Å². The van der Waals surface area contributed by atoms with Gasteiger partial charge in [-0.1, -0.05) is 0 Å². The summed E-state index contributed by atoms with van der Waals surface area (Å²) in [5, 5.41) is 9.26. The van der Waals surface area contributed by atoms with Crippen LogP contribution in [0.3, 0.4) is 0 Å². The number of rotatable bonds is 1. The molecule has 0 amide bonds. The Morgan fingerprint density at radius 1 is 1.67 bits per heavy atom. The number of carbonyl (C=O) groups is 2. The second-order valence-corrected chi connectivity index (χ2v) is 2.95. The molecule has 0 heterocycles. The molecular formula is C8H12O4. The molecule has 1 N–H and O–H groups in total. The Labute approximate surface area is 70.5 Å². The highest BCUT2D eigenvalue weighted by atomic mass is 16.6. The van der Waals surface area contributed by atoms with Crippen LogP contribution >= 0.6 is 0 Å². The quantitative estimate of drug-likeness (QED) is 0.567. The largest absolute Gasteiger partial charge is 0.459 e. The first kappa shape index (κ1) is 9.19. The van der Waals surface area contributed by atoms with Gasteiger partial charge < -0.3 is 9.84 Å². The smallest absolute Gasteiger partial charge is 0.303 e. The van der Waals surface area contributed by atoms with E-state index in [0.717, 1.165) is 0 Å².